The molecular weight excluding hydrogens is 624 g/mol. The zero-order valence-corrected chi connectivity index (χ0v) is 27.8. The number of benzene rings is 5. The van der Waals surface area contributed by atoms with Crippen LogP contribution < -0.4 is 9.80 Å². The minimum atomic E-state index is 0.397. The molecule has 0 atom stereocenters. The summed E-state index contributed by atoms with van der Waals surface area (Å²) in [6.07, 6.45) is 1.59. The van der Waals surface area contributed by atoms with Crippen molar-refractivity contribution in [3.05, 3.63) is 130 Å². The molecule has 2 aromatic heterocycles. The number of nitrogens with zero attached hydrogens (tertiary/aromatic N) is 4. The molecule has 242 valence electrons. The highest BCUT2D eigenvalue weighted by Crippen LogP contribution is 2.38. The quantitative estimate of drug-likeness (QED) is 0.132. The van der Waals surface area contributed by atoms with E-state index in [2.05, 4.69) is 23.7 Å². The van der Waals surface area contributed by atoms with Crippen LogP contribution in [0.25, 0.3) is 45.1 Å². The molecule has 2 heterocycles. The molecule has 0 radical (unpaired) electrons. The average molecular weight is 655 g/mol. The molecule has 5 aromatic carbocycles. The molecule has 0 aliphatic carbocycles. The van der Waals surface area contributed by atoms with Gasteiger partial charge in [0.1, 0.15) is 23.6 Å². The van der Waals surface area contributed by atoms with Crippen molar-refractivity contribution in [1.29, 1.82) is 0 Å². The van der Waals surface area contributed by atoms with Crippen molar-refractivity contribution >= 4 is 46.1 Å². The van der Waals surface area contributed by atoms with E-state index in [1.165, 1.54) is 0 Å². The van der Waals surface area contributed by atoms with E-state index >= 15 is 0 Å². The predicted octanol–water partition coefficient (Wildman–Crippen LogP) is 7.86. The smallest absolute Gasteiger partial charge is 0.227 e. The van der Waals surface area contributed by atoms with Gasteiger partial charge in [-0.2, -0.15) is 0 Å². The van der Waals surface area contributed by atoms with Gasteiger partial charge in [0.25, 0.3) is 0 Å². The second-order valence-corrected chi connectivity index (χ2v) is 12.0. The van der Waals surface area contributed by atoms with Crippen LogP contribution in [0.5, 0.6) is 0 Å². The molecule has 0 N–H and O–H groups in total. The topological polar surface area (TPSA) is 92.7 Å². The number of fused-ring (bicyclic) bond motifs is 2. The molecule has 0 fully saturated rings. The second-order valence-electron chi connectivity index (χ2n) is 12.0. The van der Waals surface area contributed by atoms with E-state index in [0.29, 0.717) is 67.4 Å². The number of carbonyl (C=O) groups is 2. The van der Waals surface area contributed by atoms with Gasteiger partial charge < -0.3 is 18.6 Å². The first-order valence-electron chi connectivity index (χ1n) is 15.8. The molecule has 0 saturated heterocycles. The standard InChI is InChI=1S/C42H30N4O4/c1-45(2)33-19-15-31(16-20-33)41-43-37-35(23-13-27-5-9-29(25-47)10-6-27)40-38(44-42(50-40)32-17-21-34(22-18-32)46(3)4)36(39(37)49-41)24-14-28-7-11-30(26-48)12-8-28/h5-12,15-22,25-26H,1-4H3. The Morgan fingerprint density at radius 3 is 1.18 bits per heavy atom. The minimum Gasteiger partial charge on any atom is -0.435 e. The summed E-state index contributed by atoms with van der Waals surface area (Å²) < 4.78 is 13.1. The van der Waals surface area contributed by atoms with Crippen molar-refractivity contribution in [3.8, 4) is 46.6 Å². The molecule has 0 amide bonds. The van der Waals surface area contributed by atoms with Gasteiger partial charge in [-0.3, -0.25) is 9.59 Å². The Morgan fingerprint density at radius 1 is 0.500 bits per heavy atom. The van der Waals surface area contributed by atoms with Gasteiger partial charge in [0, 0.05) is 72.9 Å². The van der Waals surface area contributed by atoms with Gasteiger partial charge in [-0.05, 0) is 72.8 Å². The van der Waals surface area contributed by atoms with Crippen LogP contribution in [0.2, 0.25) is 0 Å². The van der Waals surface area contributed by atoms with E-state index in [1.54, 1.807) is 48.5 Å². The maximum atomic E-state index is 11.2. The van der Waals surface area contributed by atoms with Crippen LogP contribution in [-0.4, -0.2) is 50.7 Å². The van der Waals surface area contributed by atoms with Gasteiger partial charge in [-0.1, -0.05) is 47.9 Å². The summed E-state index contributed by atoms with van der Waals surface area (Å²) in [7, 11) is 7.93. The number of oxazole rings is 2. The fourth-order valence-corrected chi connectivity index (χ4v) is 5.38. The number of aromatic nitrogens is 2. The third-order valence-corrected chi connectivity index (χ3v) is 8.20. The van der Waals surface area contributed by atoms with Gasteiger partial charge in [-0.15, -0.1) is 0 Å². The van der Waals surface area contributed by atoms with Crippen LogP contribution in [0.4, 0.5) is 11.4 Å². The van der Waals surface area contributed by atoms with Gasteiger partial charge in [-0.25, -0.2) is 9.97 Å². The van der Waals surface area contributed by atoms with Gasteiger partial charge in [0.05, 0.1) is 11.1 Å². The zero-order chi connectivity index (χ0) is 34.8. The molecule has 8 nitrogen and oxygen atoms in total. The normalized spacial score (nSPS) is 10.6. The van der Waals surface area contributed by atoms with Crippen molar-refractivity contribution in [2.24, 2.45) is 0 Å². The van der Waals surface area contributed by atoms with Gasteiger partial charge in [0.15, 0.2) is 11.2 Å². The highest BCUT2D eigenvalue weighted by Gasteiger charge is 2.24. The highest BCUT2D eigenvalue weighted by molar-refractivity contribution is 6.04. The summed E-state index contributed by atoms with van der Waals surface area (Å²) in [6, 6.07) is 29.9. The van der Waals surface area contributed by atoms with Crippen LogP contribution >= 0.6 is 0 Å². The summed E-state index contributed by atoms with van der Waals surface area (Å²) in [6.45, 7) is 0. The lowest BCUT2D eigenvalue weighted by Gasteiger charge is -2.11. The first kappa shape index (κ1) is 31.7. The summed E-state index contributed by atoms with van der Waals surface area (Å²) in [5.74, 6) is 13.8. The van der Waals surface area contributed by atoms with E-state index in [0.717, 1.165) is 35.1 Å². The molecular formula is C42H30N4O4. The Kier molecular flexibility index (Phi) is 8.43. The molecule has 0 aliphatic rings. The Bertz CT molecular complexity index is 2270. The molecule has 7 aromatic rings. The number of rotatable bonds is 6. The number of hydrogen-bond donors (Lipinski definition) is 0. The van der Waals surface area contributed by atoms with Crippen molar-refractivity contribution in [2.45, 2.75) is 0 Å². The van der Waals surface area contributed by atoms with Crippen LogP contribution in [0.3, 0.4) is 0 Å². The van der Waals surface area contributed by atoms with Gasteiger partial charge in [0.2, 0.25) is 11.8 Å². The third kappa shape index (κ3) is 6.22. The molecule has 0 saturated carbocycles. The fraction of sp³-hybridized carbons (Fsp3) is 0.0952. The summed E-state index contributed by atoms with van der Waals surface area (Å²) in [5, 5.41) is 0. The molecule has 7 rings (SSSR count). The maximum absolute atomic E-state index is 11.2. The fourth-order valence-electron chi connectivity index (χ4n) is 5.38. The van der Waals surface area contributed by atoms with Crippen LogP contribution in [0.1, 0.15) is 43.0 Å². The van der Waals surface area contributed by atoms with Crippen LogP contribution in [0, 0.1) is 23.7 Å². The maximum Gasteiger partial charge on any atom is 0.227 e. The number of aldehydes is 2. The number of carbonyl (C=O) groups excluding carboxylic acids is 2. The molecule has 8 heteroatoms. The largest absolute Gasteiger partial charge is 0.435 e. The van der Waals surface area contributed by atoms with E-state index in [4.69, 9.17) is 18.8 Å². The second kappa shape index (κ2) is 13.3. The van der Waals surface area contributed by atoms with Crippen LogP contribution in [0.15, 0.2) is 106 Å². The minimum absolute atomic E-state index is 0.397. The SMILES string of the molecule is CN(C)c1ccc(-c2nc3c(C#Cc4ccc(C=O)cc4)c4oc(-c5ccc(N(C)C)cc5)nc4c(C#Cc4ccc(C=O)cc4)c3o2)cc1. The Balaban J connectivity index is 1.49. The molecule has 0 aliphatic heterocycles. The monoisotopic (exact) mass is 654 g/mol. The molecule has 0 unspecified atom stereocenters. The Morgan fingerprint density at radius 2 is 0.860 bits per heavy atom. The third-order valence-electron chi connectivity index (χ3n) is 8.20. The van der Waals surface area contributed by atoms with E-state index in [1.807, 2.05) is 86.5 Å². The first-order valence-corrected chi connectivity index (χ1v) is 15.8. The van der Waals surface area contributed by atoms with Crippen molar-refractivity contribution in [2.75, 3.05) is 38.0 Å². The molecule has 0 bridgehead atoms. The van der Waals surface area contributed by atoms with Crippen molar-refractivity contribution in [1.82, 2.24) is 9.97 Å². The van der Waals surface area contributed by atoms with E-state index < -0.39 is 0 Å². The first-order chi connectivity index (χ1) is 24.3. The summed E-state index contributed by atoms with van der Waals surface area (Å²) in [4.78, 5) is 36.4. The molecule has 0 spiro atoms. The lowest BCUT2D eigenvalue weighted by atomic mass is 10.1. The van der Waals surface area contributed by atoms with Crippen molar-refractivity contribution < 1.29 is 18.4 Å². The Labute approximate surface area is 289 Å². The van der Waals surface area contributed by atoms with Gasteiger partial charge >= 0.3 is 0 Å². The van der Waals surface area contributed by atoms with E-state index in [-0.39, 0.29) is 0 Å². The predicted molar refractivity (Wildman–Crippen MR) is 197 cm³/mol. The average Bonchev–Trinajstić information content (AvgIpc) is 3.79. The molecule has 50 heavy (non-hydrogen) atoms. The highest BCUT2D eigenvalue weighted by atomic mass is 16.4. The number of anilines is 2. The lowest BCUT2D eigenvalue weighted by molar-refractivity contribution is 0.111. The van der Waals surface area contributed by atoms with E-state index in [9.17, 15) is 9.59 Å². The zero-order valence-electron chi connectivity index (χ0n) is 27.8. The summed E-state index contributed by atoms with van der Waals surface area (Å²) >= 11 is 0. The Hall–Kier alpha value is -6.90. The van der Waals surface area contributed by atoms with Crippen molar-refractivity contribution in [3.63, 3.8) is 0 Å². The summed E-state index contributed by atoms with van der Waals surface area (Å²) in [5.41, 5.74) is 8.98. The van der Waals surface area contributed by atoms with Crippen LogP contribution in [-0.2, 0) is 0 Å². The number of hydrogen-bond acceptors (Lipinski definition) is 8. The lowest BCUT2D eigenvalue weighted by Crippen LogP contribution is -2.07.